The van der Waals surface area contributed by atoms with Crippen molar-refractivity contribution in [1.82, 2.24) is 19.4 Å². The Labute approximate surface area is 140 Å². The predicted octanol–water partition coefficient (Wildman–Crippen LogP) is 2.91. The number of aryl methyl sites for hydroxylation is 2. The average molecular weight is 320 g/mol. The summed E-state index contributed by atoms with van der Waals surface area (Å²) in [6, 6.07) is 9.60. The lowest BCUT2D eigenvalue weighted by atomic mass is 10.1. The van der Waals surface area contributed by atoms with Gasteiger partial charge in [-0.05, 0) is 37.6 Å². The molecule has 1 unspecified atom stereocenters. The third-order valence-corrected chi connectivity index (χ3v) is 4.72. The Morgan fingerprint density at radius 1 is 1.29 bits per heavy atom. The van der Waals surface area contributed by atoms with Crippen molar-refractivity contribution >= 4 is 16.8 Å². The van der Waals surface area contributed by atoms with Crippen LogP contribution in [0.5, 0.6) is 0 Å². The summed E-state index contributed by atoms with van der Waals surface area (Å²) in [7, 11) is 2.02. The second-order valence-corrected chi connectivity index (χ2v) is 6.50. The number of hydrogen-bond acceptors (Lipinski definition) is 3. The third kappa shape index (κ3) is 2.56. The van der Waals surface area contributed by atoms with Crippen LogP contribution in [0, 0.1) is 6.92 Å². The van der Waals surface area contributed by atoms with Gasteiger partial charge in [0.2, 0.25) is 0 Å². The molecular formula is C19H20N4O. The van der Waals surface area contributed by atoms with Gasteiger partial charge in [-0.3, -0.25) is 9.78 Å². The molecule has 0 radical (unpaired) electrons. The molecule has 1 amide bonds. The Hall–Kier alpha value is -2.69. The highest BCUT2D eigenvalue weighted by Crippen LogP contribution is 2.27. The fourth-order valence-electron chi connectivity index (χ4n) is 3.56. The van der Waals surface area contributed by atoms with E-state index in [4.69, 9.17) is 0 Å². The van der Waals surface area contributed by atoms with E-state index < -0.39 is 0 Å². The molecule has 1 atom stereocenters. The summed E-state index contributed by atoms with van der Waals surface area (Å²) in [5, 5.41) is 0.999. The second-order valence-electron chi connectivity index (χ2n) is 6.50. The van der Waals surface area contributed by atoms with Crippen molar-refractivity contribution in [2.24, 2.45) is 7.05 Å². The molecule has 0 bridgehead atoms. The largest absolute Gasteiger partial charge is 0.338 e. The van der Waals surface area contributed by atoms with Gasteiger partial charge in [-0.25, -0.2) is 4.98 Å². The van der Waals surface area contributed by atoms with Crippen LogP contribution in [0.4, 0.5) is 0 Å². The minimum Gasteiger partial charge on any atom is -0.338 e. The normalized spacial score (nSPS) is 17.6. The Bertz CT molecular complexity index is 915. The van der Waals surface area contributed by atoms with E-state index in [1.807, 2.05) is 55.4 Å². The number of imidazole rings is 1. The standard InChI is InChI=1S/C19H20N4O/c1-13-11-22(2)18(21-13)16-7-9-23(12-16)19(24)15-5-6-17-14(10-15)4-3-8-20-17/h3-6,8,10-11,16H,7,9,12H2,1-2H3. The number of carbonyl (C=O) groups is 1. The van der Waals surface area contributed by atoms with Gasteiger partial charge in [0, 0.05) is 49.4 Å². The van der Waals surface area contributed by atoms with E-state index in [-0.39, 0.29) is 5.91 Å². The van der Waals surface area contributed by atoms with Crippen molar-refractivity contribution in [3.8, 4) is 0 Å². The number of likely N-dealkylation sites (tertiary alicyclic amines) is 1. The molecule has 3 heterocycles. The Morgan fingerprint density at radius 2 is 2.17 bits per heavy atom. The number of rotatable bonds is 2. The van der Waals surface area contributed by atoms with Crippen LogP contribution in [-0.2, 0) is 7.05 Å². The minimum atomic E-state index is 0.0918. The molecule has 24 heavy (non-hydrogen) atoms. The van der Waals surface area contributed by atoms with Gasteiger partial charge in [0.25, 0.3) is 5.91 Å². The van der Waals surface area contributed by atoms with Crippen LogP contribution in [0.1, 0.15) is 34.2 Å². The van der Waals surface area contributed by atoms with E-state index in [0.29, 0.717) is 5.92 Å². The zero-order valence-corrected chi connectivity index (χ0v) is 13.9. The molecule has 3 aromatic rings. The smallest absolute Gasteiger partial charge is 0.253 e. The van der Waals surface area contributed by atoms with Crippen LogP contribution < -0.4 is 0 Å². The number of hydrogen-bond donors (Lipinski definition) is 0. The maximum atomic E-state index is 12.8. The highest BCUT2D eigenvalue weighted by molar-refractivity contribution is 5.98. The van der Waals surface area contributed by atoms with Gasteiger partial charge in [0.05, 0.1) is 11.2 Å². The average Bonchev–Trinajstić information content (AvgIpc) is 3.20. The molecule has 1 fully saturated rings. The van der Waals surface area contributed by atoms with E-state index >= 15 is 0 Å². The predicted molar refractivity (Wildman–Crippen MR) is 92.9 cm³/mol. The van der Waals surface area contributed by atoms with Gasteiger partial charge in [0.1, 0.15) is 5.82 Å². The topological polar surface area (TPSA) is 51.0 Å². The maximum absolute atomic E-state index is 12.8. The molecule has 0 spiro atoms. The summed E-state index contributed by atoms with van der Waals surface area (Å²) in [6.07, 6.45) is 4.77. The third-order valence-electron chi connectivity index (χ3n) is 4.72. The summed E-state index contributed by atoms with van der Waals surface area (Å²) < 4.78 is 2.08. The van der Waals surface area contributed by atoms with Crippen molar-refractivity contribution in [2.75, 3.05) is 13.1 Å². The molecule has 4 rings (SSSR count). The lowest BCUT2D eigenvalue weighted by Crippen LogP contribution is -2.28. The summed E-state index contributed by atoms with van der Waals surface area (Å²) in [5.41, 5.74) is 2.67. The number of carbonyl (C=O) groups excluding carboxylic acids is 1. The fraction of sp³-hybridized carbons (Fsp3) is 0.316. The summed E-state index contributed by atoms with van der Waals surface area (Å²) in [5.74, 6) is 1.48. The van der Waals surface area contributed by atoms with E-state index in [2.05, 4.69) is 14.5 Å². The number of amides is 1. The molecule has 1 aliphatic rings. The highest BCUT2D eigenvalue weighted by Gasteiger charge is 2.30. The molecular weight excluding hydrogens is 300 g/mol. The zero-order valence-electron chi connectivity index (χ0n) is 13.9. The van der Waals surface area contributed by atoms with Gasteiger partial charge in [0.15, 0.2) is 0 Å². The van der Waals surface area contributed by atoms with Gasteiger partial charge >= 0.3 is 0 Å². The first kappa shape index (κ1) is 14.9. The summed E-state index contributed by atoms with van der Waals surface area (Å²) in [6.45, 7) is 3.51. The van der Waals surface area contributed by atoms with Crippen molar-refractivity contribution in [2.45, 2.75) is 19.3 Å². The van der Waals surface area contributed by atoms with Gasteiger partial charge < -0.3 is 9.47 Å². The highest BCUT2D eigenvalue weighted by atomic mass is 16.2. The number of fused-ring (bicyclic) bond motifs is 1. The number of nitrogens with zero attached hydrogens (tertiary/aromatic N) is 4. The van der Waals surface area contributed by atoms with E-state index in [0.717, 1.165) is 47.5 Å². The number of benzene rings is 1. The Kier molecular flexibility index (Phi) is 3.56. The SMILES string of the molecule is Cc1cn(C)c(C2CCN(C(=O)c3ccc4ncccc4c3)C2)n1. The van der Waals surface area contributed by atoms with Crippen molar-refractivity contribution in [3.05, 3.63) is 59.8 Å². The first-order valence-electron chi connectivity index (χ1n) is 8.26. The van der Waals surface area contributed by atoms with Crippen LogP contribution in [0.25, 0.3) is 10.9 Å². The maximum Gasteiger partial charge on any atom is 0.253 e. The summed E-state index contributed by atoms with van der Waals surface area (Å²) in [4.78, 5) is 23.7. The lowest BCUT2D eigenvalue weighted by Gasteiger charge is -2.17. The summed E-state index contributed by atoms with van der Waals surface area (Å²) >= 11 is 0. The monoisotopic (exact) mass is 320 g/mol. The number of aromatic nitrogens is 3. The van der Waals surface area contributed by atoms with Crippen LogP contribution in [0.3, 0.4) is 0 Å². The Balaban J connectivity index is 1.55. The van der Waals surface area contributed by atoms with Gasteiger partial charge in [-0.15, -0.1) is 0 Å². The quantitative estimate of drug-likeness (QED) is 0.729. The molecule has 0 N–H and O–H groups in total. The van der Waals surface area contributed by atoms with E-state index in [1.165, 1.54) is 0 Å². The molecule has 1 aliphatic heterocycles. The first-order chi connectivity index (χ1) is 11.6. The molecule has 1 saturated heterocycles. The van der Waals surface area contributed by atoms with Crippen LogP contribution >= 0.6 is 0 Å². The van der Waals surface area contributed by atoms with Crippen molar-refractivity contribution < 1.29 is 4.79 Å². The molecule has 1 aromatic carbocycles. The van der Waals surface area contributed by atoms with Gasteiger partial charge in [-0.1, -0.05) is 6.07 Å². The van der Waals surface area contributed by atoms with Crippen molar-refractivity contribution in [3.63, 3.8) is 0 Å². The van der Waals surface area contributed by atoms with E-state index in [1.54, 1.807) is 6.20 Å². The zero-order chi connectivity index (χ0) is 16.7. The van der Waals surface area contributed by atoms with Crippen LogP contribution in [0.2, 0.25) is 0 Å². The molecule has 5 heteroatoms. The second kappa shape index (κ2) is 5.74. The molecule has 2 aromatic heterocycles. The van der Waals surface area contributed by atoms with Gasteiger partial charge in [-0.2, -0.15) is 0 Å². The fourth-order valence-corrected chi connectivity index (χ4v) is 3.56. The lowest BCUT2D eigenvalue weighted by molar-refractivity contribution is 0.0790. The number of pyridine rings is 1. The molecule has 5 nitrogen and oxygen atoms in total. The Morgan fingerprint density at radius 3 is 2.96 bits per heavy atom. The van der Waals surface area contributed by atoms with E-state index in [9.17, 15) is 4.79 Å². The first-order valence-corrected chi connectivity index (χ1v) is 8.26. The minimum absolute atomic E-state index is 0.0918. The molecule has 122 valence electrons. The van der Waals surface area contributed by atoms with Crippen molar-refractivity contribution in [1.29, 1.82) is 0 Å². The van der Waals surface area contributed by atoms with Crippen LogP contribution in [0.15, 0.2) is 42.7 Å². The van der Waals surface area contributed by atoms with Crippen LogP contribution in [-0.4, -0.2) is 38.4 Å². The molecule has 0 aliphatic carbocycles. The molecule has 0 saturated carbocycles.